The minimum atomic E-state index is -0.324. The standard InChI is InChI=1S/C22H25FN2O2/c1-17(20-4-2-3-5-21(20)23)14-22(26)24-15-18-6-8-19(9-7-18)16-25-10-12-27-13-11-25/h2-9,14H,10-13,15-16H2,1H3,(H,24,26). The van der Waals surface area contributed by atoms with Crippen molar-refractivity contribution >= 4 is 11.5 Å². The third-order valence-electron chi connectivity index (χ3n) is 4.65. The van der Waals surface area contributed by atoms with Crippen LogP contribution in [-0.2, 0) is 22.6 Å². The van der Waals surface area contributed by atoms with Gasteiger partial charge in [0.1, 0.15) is 5.82 Å². The Morgan fingerprint density at radius 2 is 1.78 bits per heavy atom. The van der Waals surface area contributed by atoms with E-state index in [-0.39, 0.29) is 11.7 Å². The van der Waals surface area contributed by atoms with Crippen LogP contribution >= 0.6 is 0 Å². The molecule has 0 radical (unpaired) electrons. The number of hydrogen-bond acceptors (Lipinski definition) is 3. The Balaban J connectivity index is 1.51. The zero-order valence-electron chi connectivity index (χ0n) is 15.6. The molecule has 0 unspecified atom stereocenters. The van der Waals surface area contributed by atoms with Crippen LogP contribution in [0.25, 0.3) is 5.57 Å². The quantitative estimate of drug-likeness (QED) is 0.795. The first kappa shape index (κ1) is 19.3. The normalized spacial score (nSPS) is 15.6. The fourth-order valence-electron chi connectivity index (χ4n) is 3.08. The molecule has 4 nitrogen and oxygen atoms in total. The Morgan fingerprint density at radius 3 is 2.48 bits per heavy atom. The van der Waals surface area contributed by atoms with Gasteiger partial charge in [0.2, 0.25) is 5.91 Å². The second kappa shape index (κ2) is 9.44. The fourth-order valence-corrected chi connectivity index (χ4v) is 3.08. The summed E-state index contributed by atoms with van der Waals surface area (Å²) in [5, 5.41) is 2.86. The molecule has 1 amide bonds. The van der Waals surface area contributed by atoms with E-state index in [2.05, 4.69) is 22.3 Å². The van der Waals surface area contributed by atoms with Gasteiger partial charge in [-0.25, -0.2) is 4.39 Å². The van der Waals surface area contributed by atoms with Crippen molar-refractivity contribution in [2.45, 2.75) is 20.0 Å². The van der Waals surface area contributed by atoms with Gasteiger partial charge < -0.3 is 10.1 Å². The first-order chi connectivity index (χ1) is 13.1. The maximum Gasteiger partial charge on any atom is 0.244 e. The summed E-state index contributed by atoms with van der Waals surface area (Å²) in [6.45, 7) is 6.61. The van der Waals surface area contributed by atoms with Gasteiger partial charge in [-0.3, -0.25) is 9.69 Å². The summed E-state index contributed by atoms with van der Waals surface area (Å²) < 4.78 is 19.1. The second-order valence-corrected chi connectivity index (χ2v) is 6.73. The Morgan fingerprint density at radius 1 is 1.11 bits per heavy atom. The lowest BCUT2D eigenvalue weighted by molar-refractivity contribution is -0.116. The Hall–Kier alpha value is -2.50. The predicted molar refractivity (Wildman–Crippen MR) is 104 cm³/mol. The maximum absolute atomic E-state index is 13.8. The van der Waals surface area contributed by atoms with Crippen molar-refractivity contribution < 1.29 is 13.9 Å². The molecule has 1 saturated heterocycles. The van der Waals surface area contributed by atoms with Crippen LogP contribution in [0.4, 0.5) is 4.39 Å². The van der Waals surface area contributed by atoms with E-state index in [9.17, 15) is 9.18 Å². The molecule has 142 valence electrons. The summed E-state index contributed by atoms with van der Waals surface area (Å²) in [6, 6.07) is 14.7. The van der Waals surface area contributed by atoms with Crippen LogP contribution in [-0.4, -0.2) is 37.1 Å². The van der Waals surface area contributed by atoms with Gasteiger partial charge in [-0.1, -0.05) is 42.5 Å². The number of rotatable bonds is 6. The van der Waals surface area contributed by atoms with Crippen LogP contribution < -0.4 is 5.32 Å². The molecule has 1 heterocycles. The third kappa shape index (κ3) is 5.74. The number of benzene rings is 2. The summed E-state index contributed by atoms with van der Waals surface area (Å²) >= 11 is 0. The van der Waals surface area contributed by atoms with Crippen LogP contribution in [0.5, 0.6) is 0 Å². The monoisotopic (exact) mass is 368 g/mol. The second-order valence-electron chi connectivity index (χ2n) is 6.73. The lowest BCUT2D eigenvalue weighted by Crippen LogP contribution is -2.35. The molecule has 1 fully saturated rings. The molecule has 1 aliphatic rings. The first-order valence-electron chi connectivity index (χ1n) is 9.21. The molecule has 0 bridgehead atoms. The average Bonchev–Trinajstić information content (AvgIpc) is 2.68. The van der Waals surface area contributed by atoms with Crippen molar-refractivity contribution in [3.63, 3.8) is 0 Å². The highest BCUT2D eigenvalue weighted by atomic mass is 19.1. The van der Waals surface area contributed by atoms with Crippen molar-refractivity contribution in [1.29, 1.82) is 0 Å². The van der Waals surface area contributed by atoms with Gasteiger partial charge in [0.05, 0.1) is 13.2 Å². The molecule has 27 heavy (non-hydrogen) atoms. The Kier molecular flexibility index (Phi) is 6.74. The molecular weight excluding hydrogens is 343 g/mol. The Labute approximate surface area is 159 Å². The van der Waals surface area contributed by atoms with Gasteiger partial charge in [0.25, 0.3) is 0 Å². The van der Waals surface area contributed by atoms with Gasteiger partial charge in [-0.05, 0) is 29.7 Å². The number of carbonyl (C=O) groups is 1. The molecule has 2 aromatic carbocycles. The summed E-state index contributed by atoms with van der Waals surface area (Å²) in [6.07, 6.45) is 1.44. The van der Waals surface area contributed by atoms with Crippen LogP contribution in [0, 0.1) is 5.82 Å². The number of hydrogen-bond donors (Lipinski definition) is 1. The van der Waals surface area contributed by atoms with Crippen LogP contribution in [0.1, 0.15) is 23.6 Å². The molecule has 3 rings (SSSR count). The van der Waals surface area contributed by atoms with Gasteiger partial charge >= 0.3 is 0 Å². The number of ether oxygens (including phenoxy) is 1. The number of nitrogens with one attached hydrogen (secondary N) is 1. The Bertz CT molecular complexity index is 796. The smallest absolute Gasteiger partial charge is 0.244 e. The summed E-state index contributed by atoms with van der Waals surface area (Å²) in [5.74, 6) is -0.553. The van der Waals surface area contributed by atoms with Crippen LogP contribution in [0.15, 0.2) is 54.6 Å². The number of amides is 1. The predicted octanol–water partition coefficient (Wildman–Crippen LogP) is 3.38. The van der Waals surface area contributed by atoms with Crippen molar-refractivity contribution in [2.24, 2.45) is 0 Å². The van der Waals surface area contributed by atoms with Crippen molar-refractivity contribution in [3.8, 4) is 0 Å². The summed E-state index contributed by atoms with van der Waals surface area (Å²) in [5.41, 5.74) is 3.33. The highest BCUT2D eigenvalue weighted by Crippen LogP contribution is 2.17. The highest BCUT2D eigenvalue weighted by molar-refractivity contribution is 5.94. The fraction of sp³-hybridized carbons (Fsp3) is 0.318. The minimum absolute atomic E-state index is 0.229. The van der Waals surface area contributed by atoms with E-state index >= 15 is 0 Å². The molecule has 5 heteroatoms. The van der Waals surface area contributed by atoms with E-state index in [1.54, 1.807) is 25.1 Å². The van der Waals surface area contributed by atoms with Crippen molar-refractivity contribution in [2.75, 3.05) is 26.3 Å². The van der Waals surface area contributed by atoms with E-state index in [0.717, 1.165) is 38.4 Å². The average molecular weight is 368 g/mol. The molecule has 2 aromatic rings. The molecular formula is C22H25FN2O2. The molecule has 0 spiro atoms. The molecule has 1 aliphatic heterocycles. The van der Waals surface area contributed by atoms with E-state index < -0.39 is 0 Å². The lowest BCUT2D eigenvalue weighted by Gasteiger charge is -2.26. The van der Waals surface area contributed by atoms with E-state index in [1.165, 1.54) is 17.7 Å². The molecule has 1 N–H and O–H groups in total. The number of nitrogens with zero attached hydrogens (tertiary/aromatic N) is 1. The zero-order chi connectivity index (χ0) is 19.1. The maximum atomic E-state index is 13.8. The van der Waals surface area contributed by atoms with Gasteiger partial charge in [-0.15, -0.1) is 0 Å². The van der Waals surface area contributed by atoms with E-state index in [1.807, 2.05) is 12.1 Å². The lowest BCUT2D eigenvalue weighted by atomic mass is 10.1. The largest absolute Gasteiger partial charge is 0.379 e. The van der Waals surface area contributed by atoms with Gasteiger partial charge in [0, 0.05) is 37.8 Å². The number of morpholine rings is 1. The first-order valence-corrected chi connectivity index (χ1v) is 9.21. The zero-order valence-corrected chi connectivity index (χ0v) is 15.6. The van der Waals surface area contributed by atoms with Crippen LogP contribution in [0.2, 0.25) is 0 Å². The van der Waals surface area contributed by atoms with E-state index in [0.29, 0.717) is 17.7 Å². The number of allylic oxidation sites excluding steroid dienone is 1. The van der Waals surface area contributed by atoms with Crippen LogP contribution in [0.3, 0.4) is 0 Å². The number of halogens is 1. The summed E-state index contributed by atoms with van der Waals surface area (Å²) in [4.78, 5) is 14.5. The highest BCUT2D eigenvalue weighted by Gasteiger charge is 2.10. The van der Waals surface area contributed by atoms with Crippen molar-refractivity contribution in [1.82, 2.24) is 10.2 Å². The third-order valence-corrected chi connectivity index (χ3v) is 4.65. The molecule has 0 saturated carbocycles. The molecule has 0 atom stereocenters. The topological polar surface area (TPSA) is 41.6 Å². The minimum Gasteiger partial charge on any atom is -0.379 e. The van der Waals surface area contributed by atoms with Gasteiger partial charge in [0.15, 0.2) is 0 Å². The molecule has 0 aromatic heterocycles. The van der Waals surface area contributed by atoms with E-state index in [4.69, 9.17) is 4.74 Å². The SMILES string of the molecule is CC(=CC(=O)NCc1ccc(CN2CCOCC2)cc1)c1ccccc1F. The molecule has 0 aliphatic carbocycles. The summed E-state index contributed by atoms with van der Waals surface area (Å²) in [7, 11) is 0. The van der Waals surface area contributed by atoms with Crippen molar-refractivity contribution in [3.05, 3.63) is 77.1 Å². The van der Waals surface area contributed by atoms with Gasteiger partial charge in [-0.2, -0.15) is 0 Å². The number of carbonyl (C=O) groups excluding carboxylic acids is 1.